The Hall–Kier alpha value is -2.50. The van der Waals surface area contributed by atoms with Crippen LogP contribution in [-0.4, -0.2) is 9.91 Å². The molecular weight excluding hydrogens is 239 g/mol. The van der Waals surface area contributed by atoms with E-state index in [1.807, 2.05) is 0 Å². The van der Waals surface area contributed by atoms with Crippen LogP contribution in [0.25, 0.3) is 0 Å². The highest BCUT2D eigenvalue weighted by Crippen LogP contribution is 2.26. The molecule has 0 saturated carbocycles. The fourth-order valence-electron chi connectivity index (χ4n) is 1.48. The van der Waals surface area contributed by atoms with Gasteiger partial charge < -0.3 is 4.74 Å². The summed E-state index contributed by atoms with van der Waals surface area (Å²) in [6.07, 6.45) is 1.28. The molecule has 18 heavy (non-hydrogen) atoms. The van der Waals surface area contributed by atoms with Crippen molar-refractivity contribution >= 4 is 5.69 Å². The van der Waals surface area contributed by atoms with Crippen LogP contribution in [0.2, 0.25) is 0 Å². The van der Waals surface area contributed by atoms with E-state index < -0.39 is 10.9 Å². The predicted octanol–water partition coefficient (Wildman–Crippen LogP) is 3.23. The topological polar surface area (TPSA) is 65.3 Å². The lowest BCUT2D eigenvalue weighted by molar-refractivity contribution is -0.385. The van der Waals surface area contributed by atoms with Crippen molar-refractivity contribution in [1.29, 1.82) is 0 Å². The van der Waals surface area contributed by atoms with Crippen LogP contribution in [-0.2, 0) is 0 Å². The highest BCUT2D eigenvalue weighted by Gasteiger charge is 2.11. The van der Waals surface area contributed by atoms with Gasteiger partial charge in [-0.3, -0.25) is 10.1 Å². The van der Waals surface area contributed by atoms with Crippen molar-refractivity contribution in [2.75, 3.05) is 0 Å². The Morgan fingerprint density at radius 2 is 2.00 bits per heavy atom. The Labute approximate surface area is 102 Å². The van der Waals surface area contributed by atoms with Gasteiger partial charge in [-0.2, -0.15) is 4.39 Å². The van der Waals surface area contributed by atoms with E-state index >= 15 is 0 Å². The molecule has 0 aliphatic carbocycles. The number of ether oxygens (including phenoxy) is 1. The summed E-state index contributed by atoms with van der Waals surface area (Å²) in [4.78, 5) is 13.6. The molecule has 0 N–H and O–H groups in total. The molecule has 0 unspecified atom stereocenters. The van der Waals surface area contributed by atoms with E-state index in [-0.39, 0.29) is 11.4 Å². The highest BCUT2D eigenvalue weighted by molar-refractivity contribution is 5.45. The van der Waals surface area contributed by atoms with Crippen LogP contribution in [0.4, 0.5) is 10.1 Å². The number of nitro benzene ring substituents is 1. The van der Waals surface area contributed by atoms with Gasteiger partial charge in [-0.15, -0.1) is 0 Å². The monoisotopic (exact) mass is 248 g/mol. The van der Waals surface area contributed by atoms with Crippen LogP contribution in [0.3, 0.4) is 0 Å². The van der Waals surface area contributed by atoms with Crippen molar-refractivity contribution in [2.45, 2.75) is 6.92 Å². The predicted molar refractivity (Wildman–Crippen MR) is 62.1 cm³/mol. The fourth-order valence-corrected chi connectivity index (χ4v) is 1.48. The van der Waals surface area contributed by atoms with Gasteiger partial charge in [0.25, 0.3) is 5.69 Å². The zero-order chi connectivity index (χ0) is 13.1. The van der Waals surface area contributed by atoms with Crippen molar-refractivity contribution in [3.63, 3.8) is 0 Å². The first-order valence-corrected chi connectivity index (χ1v) is 5.11. The minimum atomic E-state index is -0.647. The molecule has 0 bridgehead atoms. The maximum absolute atomic E-state index is 12.8. The summed E-state index contributed by atoms with van der Waals surface area (Å²) in [7, 11) is 0. The Balaban J connectivity index is 2.25. The molecule has 6 heteroatoms. The van der Waals surface area contributed by atoms with Gasteiger partial charge in [0.15, 0.2) is 0 Å². The molecule has 92 valence electrons. The molecule has 0 saturated heterocycles. The second-order valence-corrected chi connectivity index (χ2v) is 3.62. The minimum Gasteiger partial charge on any atom is -0.457 e. The van der Waals surface area contributed by atoms with Crippen molar-refractivity contribution < 1.29 is 14.1 Å². The number of aryl methyl sites for hydroxylation is 1. The smallest absolute Gasteiger partial charge is 0.272 e. The number of hydrogen-bond acceptors (Lipinski definition) is 4. The third-order valence-electron chi connectivity index (χ3n) is 2.30. The summed E-state index contributed by atoms with van der Waals surface area (Å²) >= 11 is 0. The summed E-state index contributed by atoms with van der Waals surface area (Å²) in [5.74, 6) is 0.0468. The molecule has 0 spiro atoms. The van der Waals surface area contributed by atoms with E-state index in [2.05, 4.69) is 4.98 Å². The lowest BCUT2D eigenvalue weighted by Crippen LogP contribution is -1.93. The van der Waals surface area contributed by atoms with E-state index in [0.29, 0.717) is 11.3 Å². The summed E-state index contributed by atoms with van der Waals surface area (Å²) in [6, 6.07) is 6.97. The zero-order valence-electron chi connectivity index (χ0n) is 9.46. The maximum Gasteiger partial charge on any atom is 0.272 e. The summed E-state index contributed by atoms with van der Waals surface area (Å²) in [5.41, 5.74) is 0.496. The molecule has 0 aliphatic heterocycles. The zero-order valence-corrected chi connectivity index (χ0v) is 9.46. The molecular formula is C12H9FN2O3. The third kappa shape index (κ3) is 2.60. The van der Waals surface area contributed by atoms with Crippen molar-refractivity contribution in [3.05, 3.63) is 58.2 Å². The number of benzene rings is 1. The van der Waals surface area contributed by atoms with Crippen LogP contribution in [0.5, 0.6) is 11.5 Å². The van der Waals surface area contributed by atoms with Gasteiger partial charge >= 0.3 is 0 Å². The first kappa shape index (κ1) is 12.0. The molecule has 0 radical (unpaired) electrons. The molecule has 0 amide bonds. The van der Waals surface area contributed by atoms with Crippen molar-refractivity contribution in [2.24, 2.45) is 0 Å². The molecule has 2 aromatic rings. The molecule has 1 heterocycles. The number of halogens is 1. The normalized spacial score (nSPS) is 10.1. The van der Waals surface area contributed by atoms with Gasteiger partial charge in [-0.1, -0.05) is 0 Å². The fraction of sp³-hybridized carbons (Fsp3) is 0.0833. The van der Waals surface area contributed by atoms with Gasteiger partial charge in [0, 0.05) is 23.9 Å². The molecule has 1 aromatic carbocycles. The van der Waals surface area contributed by atoms with Crippen LogP contribution >= 0.6 is 0 Å². The molecule has 1 aromatic heterocycles. The Kier molecular flexibility index (Phi) is 3.18. The number of nitro groups is 1. The Morgan fingerprint density at radius 1 is 1.28 bits per heavy atom. The summed E-state index contributed by atoms with van der Waals surface area (Å²) in [5, 5.41) is 10.6. The van der Waals surface area contributed by atoms with Gasteiger partial charge in [0.2, 0.25) is 5.95 Å². The van der Waals surface area contributed by atoms with Crippen molar-refractivity contribution in [3.8, 4) is 11.5 Å². The maximum atomic E-state index is 12.8. The van der Waals surface area contributed by atoms with Crippen LogP contribution < -0.4 is 4.74 Å². The average Bonchev–Trinajstić information content (AvgIpc) is 2.28. The van der Waals surface area contributed by atoms with Crippen molar-refractivity contribution in [1.82, 2.24) is 4.98 Å². The number of hydrogen-bond donors (Lipinski definition) is 0. The first-order valence-electron chi connectivity index (χ1n) is 5.11. The Morgan fingerprint density at radius 3 is 2.61 bits per heavy atom. The van der Waals surface area contributed by atoms with Crippen LogP contribution in [0.1, 0.15) is 5.56 Å². The van der Waals surface area contributed by atoms with Gasteiger partial charge in [0.05, 0.1) is 4.92 Å². The minimum absolute atomic E-state index is 0.0169. The number of nitrogens with zero attached hydrogens (tertiary/aromatic N) is 2. The van der Waals surface area contributed by atoms with Gasteiger partial charge in [0.1, 0.15) is 11.5 Å². The second kappa shape index (κ2) is 4.79. The first-order chi connectivity index (χ1) is 8.56. The van der Waals surface area contributed by atoms with Crippen LogP contribution in [0, 0.1) is 23.0 Å². The molecule has 0 fully saturated rings. The molecule has 0 atom stereocenters. The largest absolute Gasteiger partial charge is 0.457 e. The lowest BCUT2D eigenvalue weighted by Gasteiger charge is -2.06. The molecule has 2 rings (SSSR count). The Bertz CT molecular complexity index is 602. The quantitative estimate of drug-likeness (QED) is 0.475. The highest BCUT2D eigenvalue weighted by atomic mass is 19.1. The third-order valence-corrected chi connectivity index (χ3v) is 2.30. The van der Waals surface area contributed by atoms with Gasteiger partial charge in [-0.05, 0) is 25.1 Å². The second-order valence-electron chi connectivity index (χ2n) is 3.62. The molecule has 5 nitrogen and oxygen atoms in total. The van der Waals surface area contributed by atoms with Crippen LogP contribution in [0.15, 0.2) is 36.5 Å². The summed E-state index contributed by atoms with van der Waals surface area (Å²) in [6.45, 7) is 1.61. The van der Waals surface area contributed by atoms with E-state index in [4.69, 9.17) is 4.74 Å². The van der Waals surface area contributed by atoms with E-state index in [9.17, 15) is 14.5 Å². The van der Waals surface area contributed by atoms with E-state index in [1.54, 1.807) is 6.92 Å². The van der Waals surface area contributed by atoms with E-state index in [0.717, 1.165) is 6.07 Å². The van der Waals surface area contributed by atoms with E-state index in [1.165, 1.54) is 30.5 Å². The standard InChI is InChI=1S/C12H9FN2O3/c1-8-6-9(2-3-11(8)15(16)17)18-10-4-5-14-12(13)7-10/h2-7H,1H3. The lowest BCUT2D eigenvalue weighted by atomic mass is 10.2. The number of aromatic nitrogens is 1. The number of pyridine rings is 1. The average molecular weight is 248 g/mol. The SMILES string of the molecule is Cc1cc(Oc2ccnc(F)c2)ccc1[N+](=O)[O-]. The summed E-state index contributed by atoms with van der Waals surface area (Å²) < 4.78 is 18.2. The molecule has 0 aliphatic rings. The van der Waals surface area contributed by atoms with Gasteiger partial charge in [-0.25, -0.2) is 4.98 Å². The number of rotatable bonds is 3.